The van der Waals surface area contributed by atoms with E-state index in [1.54, 1.807) is 0 Å². The van der Waals surface area contributed by atoms with Crippen LogP contribution in [0.15, 0.2) is 29.4 Å². The molecular weight excluding hydrogens is 238 g/mol. The zero-order chi connectivity index (χ0) is 14.3. The molecular formula is C15H25N3O. The maximum atomic E-state index is 8.65. The summed E-state index contributed by atoms with van der Waals surface area (Å²) in [6, 6.07) is 7.83. The van der Waals surface area contributed by atoms with Gasteiger partial charge in [-0.1, -0.05) is 31.8 Å². The molecule has 0 aromatic heterocycles. The Bertz CT molecular complexity index is 396. The first-order valence-corrected chi connectivity index (χ1v) is 6.99. The summed E-state index contributed by atoms with van der Waals surface area (Å²) in [6.07, 6.45) is 2.41. The topological polar surface area (TPSA) is 61.8 Å². The molecule has 0 saturated carbocycles. The van der Waals surface area contributed by atoms with Crippen LogP contribution >= 0.6 is 0 Å². The van der Waals surface area contributed by atoms with Crippen molar-refractivity contribution in [1.29, 1.82) is 0 Å². The van der Waals surface area contributed by atoms with E-state index in [0.29, 0.717) is 0 Å². The van der Waals surface area contributed by atoms with Crippen LogP contribution in [0.25, 0.3) is 0 Å². The third-order valence-electron chi connectivity index (χ3n) is 3.65. The first-order valence-electron chi connectivity index (χ1n) is 6.99. The summed E-state index contributed by atoms with van der Waals surface area (Å²) in [5, 5.41) is 11.7. The zero-order valence-electron chi connectivity index (χ0n) is 12.1. The zero-order valence-corrected chi connectivity index (χ0v) is 12.1. The molecule has 106 valence electrons. The summed E-state index contributed by atoms with van der Waals surface area (Å²) in [6.45, 7) is 8.71. The number of hydrogen-bond donors (Lipinski definition) is 2. The Labute approximate surface area is 115 Å². The van der Waals surface area contributed by atoms with E-state index in [-0.39, 0.29) is 5.84 Å². The average Bonchev–Trinajstić information content (AvgIpc) is 2.48. The fourth-order valence-electron chi connectivity index (χ4n) is 2.18. The molecule has 0 bridgehead atoms. The van der Waals surface area contributed by atoms with Gasteiger partial charge in [0.1, 0.15) is 0 Å². The Balaban J connectivity index is 2.82. The molecule has 3 N–H and O–H groups in total. The van der Waals surface area contributed by atoms with E-state index in [1.807, 2.05) is 24.3 Å². The lowest BCUT2D eigenvalue weighted by Gasteiger charge is -2.27. The highest BCUT2D eigenvalue weighted by atomic mass is 16.4. The van der Waals surface area contributed by atoms with Gasteiger partial charge in [0.05, 0.1) is 0 Å². The van der Waals surface area contributed by atoms with Crippen molar-refractivity contribution in [2.75, 3.05) is 18.0 Å². The van der Waals surface area contributed by atoms with Gasteiger partial charge in [0.2, 0.25) is 0 Å². The van der Waals surface area contributed by atoms with Crippen LogP contribution in [0.2, 0.25) is 0 Å². The second kappa shape index (κ2) is 7.67. The SMILES string of the molecule is CCC(CC)CN(CC)c1ccc(/C(N)=N/O)cc1. The van der Waals surface area contributed by atoms with Gasteiger partial charge >= 0.3 is 0 Å². The van der Waals surface area contributed by atoms with Crippen molar-refractivity contribution in [2.24, 2.45) is 16.8 Å². The first kappa shape index (κ1) is 15.3. The van der Waals surface area contributed by atoms with Crippen LogP contribution in [0.5, 0.6) is 0 Å². The van der Waals surface area contributed by atoms with E-state index < -0.39 is 0 Å². The lowest BCUT2D eigenvalue weighted by molar-refractivity contribution is 0.318. The Morgan fingerprint density at radius 3 is 2.21 bits per heavy atom. The summed E-state index contributed by atoms with van der Waals surface area (Å²) in [7, 11) is 0. The normalized spacial score (nSPS) is 11.9. The van der Waals surface area contributed by atoms with Crippen LogP contribution in [-0.2, 0) is 0 Å². The first-order chi connectivity index (χ1) is 9.15. The lowest BCUT2D eigenvalue weighted by Crippen LogP contribution is -2.29. The van der Waals surface area contributed by atoms with Crippen molar-refractivity contribution in [3.8, 4) is 0 Å². The monoisotopic (exact) mass is 263 g/mol. The van der Waals surface area contributed by atoms with Crippen molar-refractivity contribution in [3.63, 3.8) is 0 Å². The van der Waals surface area contributed by atoms with Gasteiger partial charge in [-0.25, -0.2) is 0 Å². The molecule has 0 radical (unpaired) electrons. The van der Waals surface area contributed by atoms with E-state index in [9.17, 15) is 0 Å². The maximum Gasteiger partial charge on any atom is 0.170 e. The van der Waals surface area contributed by atoms with Gasteiger partial charge < -0.3 is 15.8 Å². The fraction of sp³-hybridized carbons (Fsp3) is 0.533. The molecule has 19 heavy (non-hydrogen) atoms. The second-order valence-corrected chi connectivity index (χ2v) is 4.75. The Morgan fingerprint density at radius 1 is 1.21 bits per heavy atom. The summed E-state index contributed by atoms with van der Waals surface area (Å²) in [4.78, 5) is 2.37. The smallest absolute Gasteiger partial charge is 0.170 e. The molecule has 1 aromatic rings. The van der Waals surface area contributed by atoms with E-state index in [2.05, 4.69) is 30.8 Å². The second-order valence-electron chi connectivity index (χ2n) is 4.75. The molecule has 0 spiro atoms. The molecule has 0 aliphatic heterocycles. The minimum atomic E-state index is 0.148. The maximum absolute atomic E-state index is 8.65. The van der Waals surface area contributed by atoms with Crippen molar-refractivity contribution < 1.29 is 5.21 Å². The predicted molar refractivity (Wildman–Crippen MR) is 80.9 cm³/mol. The molecule has 0 atom stereocenters. The fourth-order valence-corrected chi connectivity index (χ4v) is 2.18. The number of hydrogen-bond acceptors (Lipinski definition) is 3. The molecule has 4 heteroatoms. The van der Waals surface area contributed by atoms with E-state index in [1.165, 1.54) is 18.5 Å². The average molecular weight is 263 g/mol. The molecule has 0 unspecified atom stereocenters. The quantitative estimate of drug-likeness (QED) is 0.344. The number of nitrogens with two attached hydrogens (primary N) is 1. The molecule has 0 heterocycles. The number of benzene rings is 1. The minimum Gasteiger partial charge on any atom is -0.409 e. The van der Waals surface area contributed by atoms with E-state index in [4.69, 9.17) is 10.9 Å². The van der Waals surface area contributed by atoms with Crippen LogP contribution in [-0.4, -0.2) is 24.1 Å². The molecule has 0 aliphatic carbocycles. The van der Waals surface area contributed by atoms with Crippen LogP contribution in [0.3, 0.4) is 0 Å². The van der Waals surface area contributed by atoms with Crippen molar-refractivity contribution in [3.05, 3.63) is 29.8 Å². The van der Waals surface area contributed by atoms with Gasteiger partial charge in [0.15, 0.2) is 5.84 Å². The Morgan fingerprint density at radius 2 is 1.79 bits per heavy atom. The molecule has 4 nitrogen and oxygen atoms in total. The van der Waals surface area contributed by atoms with Crippen LogP contribution < -0.4 is 10.6 Å². The number of anilines is 1. The minimum absolute atomic E-state index is 0.148. The van der Waals surface area contributed by atoms with Crippen LogP contribution in [0.4, 0.5) is 5.69 Å². The summed E-state index contributed by atoms with van der Waals surface area (Å²) >= 11 is 0. The predicted octanol–water partition coefficient (Wildman–Crippen LogP) is 3.04. The van der Waals surface area contributed by atoms with Gasteiger partial charge in [-0.05, 0) is 37.1 Å². The lowest BCUT2D eigenvalue weighted by atomic mass is 10.0. The van der Waals surface area contributed by atoms with Gasteiger partial charge in [-0.2, -0.15) is 0 Å². The van der Waals surface area contributed by atoms with Crippen LogP contribution in [0, 0.1) is 5.92 Å². The van der Waals surface area contributed by atoms with Gasteiger partial charge in [-0.3, -0.25) is 0 Å². The number of rotatable bonds is 7. The molecule has 0 saturated heterocycles. The molecule has 1 rings (SSSR count). The Kier molecular flexibility index (Phi) is 6.19. The number of amidine groups is 1. The summed E-state index contributed by atoms with van der Waals surface area (Å²) in [5.41, 5.74) is 7.49. The highest BCUT2D eigenvalue weighted by Crippen LogP contribution is 2.19. The van der Waals surface area contributed by atoms with Gasteiger partial charge in [0.25, 0.3) is 0 Å². The molecule has 0 amide bonds. The third kappa shape index (κ3) is 4.16. The standard InChI is InChI=1S/C15H25N3O/c1-4-12(5-2)11-18(6-3)14-9-7-13(8-10-14)15(16)17-19/h7-10,12,19H,4-6,11H2,1-3H3,(H2,16,17). The van der Waals surface area contributed by atoms with Crippen molar-refractivity contribution >= 4 is 11.5 Å². The van der Waals surface area contributed by atoms with Gasteiger partial charge in [0, 0.05) is 24.3 Å². The number of nitrogens with zero attached hydrogens (tertiary/aromatic N) is 2. The van der Waals surface area contributed by atoms with Gasteiger partial charge in [-0.15, -0.1) is 0 Å². The van der Waals surface area contributed by atoms with E-state index >= 15 is 0 Å². The summed E-state index contributed by atoms with van der Waals surface area (Å²) < 4.78 is 0. The van der Waals surface area contributed by atoms with Crippen molar-refractivity contribution in [1.82, 2.24) is 0 Å². The molecule has 0 fully saturated rings. The van der Waals surface area contributed by atoms with E-state index in [0.717, 1.165) is 24.6 Å². The highest BCUT2D eigenvalue weighted by Gasteiger charge is 2.11. The van der Waals surface area contributed by atoms with Crippen molar-refractivity contribution in [2.45, 2.75) is 33.6 Å². The highest BCUT2D eigenvalue weighted by molar-refractivity contribution is 5.97. The number of oxime groups is 1. The molecule has 1 aromatic carbocycles. The van der Waals surface area contributed by atoms with Crippen LogP contribution in [0.1, 0.15) is 39.2 Å². The third-order valence-corrected chi connectivity index (χ3v) is 3.65. The largest absolute Gasteiger partial charge is 0.409 e. The Hall–Kier alpha value is -1.71. The molecule has 0 aliphatic rings. The summed E-state index contributed by atoms with van der Waals surface area (Å²) in [5.74, 6) is 0.873.